The van der Waals surface area contributed by atoms with Gasteiger partial charge in [-0.25, -0.2) is 13.2 Å². The minimum absolute atomic E-state index is 0.102. The van der Waals surface area contributed by atoms with E-state index in [4.69, 9.17) is 16.3 Å². The van der Waals surface area contributed by atoms with Gasteiger partial charge in [0.25, 0.3) is 0 Å². The molecular weight excluding hydrogens is 356 g/mol. The van der Waals surface area contributed by atoms with Crippen molar-refractivity contribution >= 4 is 43.3 Å². The molecule has 0 fully saturated rings. The number of alkyl halides is 1. The molecule has 0 atom stereocenters. The Hall–Kier alpha value is -0.590. The number of carbonyl (C=O) groups is 1. The molecule has 0 heterocycles. The molecule has 0 aromatic heterocycles. The van der Waals surface area contributed by atoms with E-state index in [9.17, 15) is 13.2 Å². The van der Waals surface area contributed by atoms with Gasteiger partial charge in [0.1, 0.15) is 0 Å². The molecule has 0 saturated heterocycles. The third-order valence-electron chi connectivity index (χ3n) is 2.30. The number of ether oxygens (including phenoxy) is 1. The molecule has 1 rings (SSSR count). The molecule has 4 nitrogen and oxygen atoms in total. The van der Waals surface area contributed by atoms with Crippen molar-refractivity contribution in [1.29, 1.82) is 0 Å². The molecule has 0 amide bonds. The van der Waals surface area contributed by atoms with Crippen molar-refractivity contribution in [2.75, 3.05) is 6.26 Å². The van der Waals surface area contributed by atoms with Gasteiger partial charge in [0.05, 0.1) is 21.6 Å². The van der Waals surface area contributed by atoms with Crippen LogP contribution in [0.1, 0.15) is 29.8 Å². The second-order valence-electron chi connectivity index (χ2n) is 4.26. The van der Waals surface area contributed by atoms with Crippen molar-refractivity contribution in [3.63, 3.8) is 0 Å². The van der Waals surface area contributed by atoms with Crippen LogP contribution in [0.2, 0.25) is 5.02 Å². The molecule has 0 unspecified atom stereocenters. The second-order valence-corrected chi connectivity index (χ2v) is 7.19. The average Bonchev–Trinajstić information content (AvgIpc) is 2.25. The molecule has 0 saturated carbocycles. The first-order valence-electron chi connectivity index (χ1n) is 5.46. The summed E-state index contributed by atoms with van der Waals surface area (Å²) in [6, 6.07) is 2.74. The first kappa shape index (κ1) is 16.5. The van der Waals surface area contributed by atoms with E-state index in [1.165, 1.54) is 12.1 Å². The first-order valence-corrected chi connectivity index (χ1v) is 8.86. The molecule has 0 spiro atoms. The lowest BCUT2D eigenvalue weighted by Crippen LogP contribution is -2.13. The summed E-state index contributed by atoms with van der Waals surface area (Å²) in [6.45, 7) is 3.45. The Bertz CT molecular complexity index is 596. The predicted molar refractivity (Wildman–Crippen MR) is 77.7 cm³/mol. The summed E-state index contributed by atoms with van der Waals surface area (Å²) in [5.74, 6) is -0.567. The van der Waals surface area contributed by atoms with Crippen LogP contribution >= 0.6 is 27.5 Å². The van der Waals surface area contributed by atoms with Gasteiger partial charge in [0.15, 0.2) is 9.84 Å². The molecule has 0 radical (unpaired) electrons. The Morgan fingerprint density at radius 1 is 1.42 bits per heavy atom. The largest absolute Gasteiger partial charge is 0.459 e. The molecule has 1 aromatic rings. The van der Waals surface area contributed by atoms with Gasteiger partial charge in [0.2, 0.25) is 0 Å². The van der Waals surface area contributed by atoms with E-state index in [-0.39, 0.29) is 26.9 Å². The minimum atomic E-state index is -3.40. The van der Waals surface area contributed by atoms with Crippen LogP contribution in [-0.2, 0) is 19.9 Å². The van der Waals surface area contributed by atoms with Crippen LogP contribution in [0.3, 0.4) is 0 Å². The van der Waals surface area contributed by atoms with E-state index < -0.39 is 15.8 Å². The minimum Gasteiger partial charge on any atom is -0.459 e. The Morgan fingerprint density at radius 2 is 2.00 bits per heavy atom. The quantitative estimate of drug-likeness (QED) is 0.604. The monoisotopic (exact) mass is 368 g/mol. The third-order valence-corrected chi connectivity index (χ3v) is 4.47. The van der Waals surface area contributed by atoms with E-state index in [1.807, 2.05) is 0 Å². The normalized spacial score (nSPS) is 11.7. The smallest absolute Gasteiger partial charge is 0.339 e. The topological polar surface area (TPSA) is 60.4 Å². The van der Waals surface area contributed by atoms with Gasteiger partial charge in [-0.1, -0.05) is 27.5 Å². The summed E-state index contributed by atoms with van der Waals surface area (Å²) in [5, 5.41) is 0.335. The zero-order chi connectivity index (χ0) is 14.8. The lowest BCUT2D eigenvalue weighted by Gasteiger charge is -2.13. The lowest BCUT2D eigenvalue weighted by molar-refractivity contribution is 0.0378. The van der Waals surface area contributed by atoms with Crippen molar-refractivity contribution in [1.82, 2.24) is 0 Å². The highest BCUT2D eigenvalue weighted by molar-refractivity contribution is 9.08. The number of sulfone groups is 1. The summed E-state index contributed by atoms with van der Waals surface area (Å²) in [4.78, 5) is 11.9. The fourth-order valence-electron chi connectivity index (χ4n) is 1.51. The maximum atomic E-state index is 11.8. The molecule has 0 aliphatic heterocycles. The molecule has 0 N–H and O–H groups in total. The SMILES string of the molecule is CC(C)OC(=O)c1ccc(S(C)(=O)=O)c(CBr)c1Cl. The zero-order valence-electron chi connectivity index (χ0n) is 10.7. The van der Waals surface area contributed by atoms with Crippen molar-refractivity contribution < 1.29 is 17.9 Å². The second kappa shape index (κ2) is 6.24. The molecule has 7 heteroatoms. The number of hydrogen-bond acceptors (Lipinski definition) is 4. The summed E-state index contributed by atoms with van der Waals surface area (Å²) in [6.07, 6.45) is 0.822. The Kier molecular flexibility index (Phi) is 5.41. The number of esters is 1. The maximum absolute atomic E-state index is 11.8. The molecule has 106 valence electrons. The highest BCUT2D eigenvalue weighted by Gasteiger charge is 2.22. The number of benzene rings is 1. The zero-order valence-corrected chi connectivity index (χ0v) is 13.9. The van der Waals surface area contributed by atoms with Gasteiger partial charge < -0.3 is 4.74 Å². The Labute approximate surface area is 126 Å². The fourth-order valence-corrected chi connectivity index (χ4v) is 3.74. The van der Waals surface area contributed by atoms with Gasteiger partial charge in [-0.2, -0.15) is 0 Å². The average molecular weight is 370 g/mol. The number of hydrogen-bond donors (Lipinski definition) is 0. The molecule has 1 aromatic carbocycles. The van der Waals surface area contributed by atoms with Crippen LogP contribution in [0.15, 0.2) is 17.0 Å². The van der Waals surface area contributed by atoms with Crippen molar-refractivity contribution in [2.45, 2.75) is 30.2 Å². The summed E-state index contributed by atoms with van der Waals surface area (Å²) >= 11 is 9.29. The van der Waals surface area contributed by atoms with Gasteiger partial charge in [-0.15, -0.1) is 0 Å². The van der Waals surface area contributed by atoms with Crippen molar-refractivity contribution in [3.05, 3.63) is 28.3 Å². The van der Waals surface area contributed by atoms with Crippen LogP contribution < -0.4 is 0 Å². The Balaban J connectivity index is 3.38. The van der Waals surface area contributed by atoms with Crippen LogP contribution in [0, 0.1) is 0 Å². The van der Waals surface area contributed by atoms with Gasteiger partial charge >= 0.3 is 5.97 Å². The van der Waals surface area contributed by atoms with Gasteiger partial charge in [-0.3, -0.25) is 0 Å². The summed E-state index contributed by atoms with van der Waals surface area (Å²) in [7, 11) is -3.40. The van der Waals surface area contributed by atoms with Crippen molar-refractivity contribution in [2.24, 2.45) is 0 Å². The van der Waals surface area contributed by atoms with Crippen LogP contribution in [-0.4, -0.2) is 26.7 Å². The van der Waals surface area contributed by atoms with Crippen LogP contribution in [0.25, 0.3) is 0 Å². The van der Waals surface area contributed by atoms with E-state index in [2.05, 4.69) is 15.9 Å². The van der Waals surface area contributed by atoms with E-state index in [1.54, 1.807) is 13.8 Å². The summed E-state index contributed by atoms with van der Waals surface area (Å²) < 4.78 is 28.3. The van der Waals surface area contributed by atoms with E-state index in [0.29, 0.717) is 5.56 Å². The number of halogens is 2. The fraction of sp³-hybridized carbons (Fsp3) is 0.417. The van der Waals surface area contributed by atoms with Gasteiger partial charge in [-0.05, 0) is 26.0 Å². The highest BCUT2D eigenvalue weighted by Crippen LogP contribution is 2.30. The molecule has 0 aliphatic carbocycles. The summed E-state index contributed by atoms with van der Waals surface area (Å²) in [5.41, 5.74) is 0.527. The standard InChI is InChI=1S/C12H14BrClO4S/c1-7(2)18-12(15)8-4-5-10(19(3,16)17)9(6-13)11(8)14/h4-5,7H,6H2,1-3H3. The van der Waals surface area contributed by atoms with Crippen LogP contribution in [0.4, 0.5) is 0 Å². The highest BCUT2D eigenvalue weighted by atomic mass is 79.9. The molecule has 19 heavy (non-hydrogen) atoms. The lowest BCUT2D eigenvalue weighted by atomic mass is 10.1. The Morgan fingerprint density at radius 3 is 2.42 bits per heavy atom. The van der Waals surface area contributed by atoms with Gasteiger partial charge in [0, 0.05) is 17.1 Å². The van der Waals surface area contributed by atoms with Crippen molar-refractivity contribution in [3.8, 4) is 0 Å². The van der Waals surface area contributed by atoms with E-state index >= 15 is 0 Å². The predicted octanol–water partition coefficient (Wildman–Crippen LogP) is 3.20. The number of rotatable bonds is 4. The maximum Gasteiger partial charge on any atom is 0.339 e. The molecule has 0 bridgehead atoms. The van der Waals surface area contributed by atoms with E-state index in [0.717, 1.165) is 6.26 Å². The molecular formula is C12H14BrClO4S. The molecule has 0 aliphatic rings. The first-order chi connectivity index (χ1) is 8.68. The van der Waals surface area contributed by atoms with Crippen LogP contribution in [0.5, 0.6) is 0 Å². The number of carbonyl (C=O) groups excluding carboxylic acids is 1. The third kappa shape index (κ3) is 3.94.